The lowest BCUT2D eigenvalue weighted by Gasteiger charge is -2.27. The summed E-state index contributed by atoms with van der Waals surface area (Å²) in [6.45, 7) is 0.241. The van der Waals surface area contributed by atoms with Gasteiger partial charge in [-0.15, -0.1) is 0 Å². The van der Waals surface area contributed by atoms with Crippen LogP contribution in [0.2, 0.25) is 0 Å². The minimum Gasteiger partial charge on any atom is -0.478 e. The van der Waals surface area contributed by atoms with Gasteiger partial charge in [0, 0.05) is 32.7 Å². The van der Waals surface area contributed by atoms with Gasteiger partial charge in [0.25, 0.3) is 0 Å². The molecule has 20 heavy (non-hydrogen) atoms. The Morgan fingerprint density at radius 3 is 2.60 bits per heavy atom. The molecule has 7 nitrogen and oxygen atoms in total. The normalized spacial score (nSPS) is 15.0. The summed E-state index contributed by atoms with van der Waals surface area (Å²) in [5.74, 6) is -1.39. The molecule has 0 radical (unpaired) electrons. The molecular formula is C13H15N3O4. The first kappa shape index (κ1) is 13.9. The van der Waals surface area contributed by atoms with Crippen molar-refractivity contribution in [3.63, 3.8) is 0 Å². The molecule has 0 atom stereocenters. The van der Waals surface area contributed by atoms with Crippen molar-refractivity contribution in [1.29, 1.82) is 0 Å². The van der Waals surface area contributed by atoms with Crippen molar-refractivity contribution in [1.82, 2.24) is 5.32 Å². The molecule has 7 heteroatoms. The summed E-state index contributed by atoms with van der Waals surface area (Å²) in [5.41, 5.74) is 1.12. The number of aromatic carboxylic acids is 1. The van der Waals surface area contributed by atoms with E-state index in [1.807, 2.05) is 0 Å². The molecule has 1 saturated heterocycles. The second-order valence-electron chi connectivity index (χ2n) is 4.66. The molecule has 106 valence electrons. The number of hydrogen-bond donors (Lipinski definition) is 2. The zero-order chi connectivity index (χ0) is 14.9. The molecule has 1 fully saturated rings. The number of amides is 3. The fraction of sp³-hybridized carbons (Fsp3) is 0.308. The predicted octanol–water partition coefficient (Wildman–Crippen LogP) is 0.897. The molecule has 0 unspecified atom stereocenters. The maximum atomic E-state index is 11.7. The van der Waals surface area contributed by atoms with Crippen molar-refractivity contribution >= 4 is 29.3 Å². The number of imide groups is 1. The van der Waals surface area contributed by atoms with Gasteiger partial charge in [0.15, 0.2) is 0 Å². The van der Waals surface area contributed by atoms with Crippen LogP contribution in [0.3, 0.4) is 0 Å². The van der Waals surface area contributed by atoms with Crippen LogP contribution in [0, 0.1) is 0 Å². The Balaban J connectivity index is 2.39. The van der Waals surface area contributed by atoms with Crippen LogP contribution < -0.4 is 15.1 Å². The lowest BCUT2D eigenvalue weighted by Crippen LogP contribution is -2.49. The van der Waals surface area contributed by atoms with Crippen LogP contribution in [0.1, 0.15) is 16.8 Å². The molecule has 1 aromatic carbocycles. The first-order chi connectivity index (χ1) is 9.40. The van der Waals surface area contributed by atoms with Crippen LogP contribution in [0.15, 0.2) is 18.2 Å². The minimum absolute atomic E-state index is 0.109. The standard InChI is InChI=1S/C13H15N3O4/c1-15(2)10-4-3-8(7-9(10)12(18)19)16-6-5-11(17)14-13(16)20/h3-4,7H,5-6H2,1-2H3,(H,18,19)(H,14,17,20). The number of rotatable bonds is 3. The molecule has 2 N–H and O–H groups in total. The molecule has 0 aliphatic carbocycles. The fourth-order valence-electron chi connectivity index (χ4n) is 2.06. The second-order valence-corrected chi connectivity index (χ2v) is 4.66. The smallest absolute Gasteiger partial charge is 0.337 e. The van der Waals surface area contributed by atoms with Gasteiger partial charge in [0.05, 0.1) is 11.3 Å². The Kier molecular flexibility index (Phi) is 3.60. The van der Waals surface area contributed by atoms with Gasteiger partial charge in [-0.25, -0.2) is 9.59 Å². The number of nitrogens with zero attached hydrogens (tertiary/aromatic N) is 2. The monoisotopic (exact) mass is 277 g/mol. The second kappa shape index (κ2) is 5.20. The molecule has 3 amide bonds. The van der Waals surface area contributed by atoms with Gasteiger partial charge in [0.2, 0.25) is 5.91 Å². The average Bonchev–Trinajstić information content (AvgIpc) is 2.37. The Hall–Kier alpha value is -2.57. The van der Waals surface area contributed by atoms with Crippen LogP contribution in [0.5, 0.6) is 0 Å². The quantitative estimate of drug-likeness (QED) is 0.856. The van der Waals surface area contributed by atoms with E-state index in [-0.39, 0.29) is 24.4 Å². The molecule has 0 bridgehead atoms. The molecule has 0 aromatic heterocycles. The maximum absolute atomic E-state index is 11.7. The third-order valence-electron chi connectivity index (χ3n) is 3.06. The van der Waals surface area contributed by atoms with E-state index in [1.165, 1.54) is 11.0 Å². The SMILES string of the molecule is CN(C)c1ccc(N2CCC(=O)NC2=O)cc1C(=O)O. The van der Waals surface area contributed by atoms with E-state index in [2.05, 4.69) is 5.32 Å². The minimum atomic E-state index is -1.07. The average molecular weight is 277 g/mol. The number of benzene rings is 1. The summed E-state index contributed by atoms with van der Waals surface area (Å²) in [6.07, 6.45) is 0.198. The summed E-state index contributed by atoms with van der Waals surface area (Å²) in [5, 5.41) is 11.4. The summed E-state index contributed by atoms with van der Waals surface area (Å²) in [4.78, 5) is 37.2. The van der Waals surface area contributed by atoms with E-state index < -0.39 is 12.0 Å². The molecule has 1 aliphatic rings. The van der Waals surface area contributed by atoms with Crippen molar-refractivity contribution in [3.8, 4) is 0 Å². The molecular weight excluding hydrogens is 262 g/mol. The van der Waals surface area contributed by atoms with Crippen molar-refractivity contribution < 1.29 is 19.5 Å². The number of nitrogens with one attached hydrogen (secondary N) is 1. The summed E-state index contributed by atoms with van der Waals surface area (Å²) >= 11 is 0. The van der Waals surface area contributed by atoms with Crippen LogP contribution in [0.25, 0.3) is 0 Å². The Labute approximate surface area is 115 Å². The van der Waals surface area contributed by atoms with Gasteiger partial charge in [-0.2, -0.15) is 0 Å². The van der Waals surface area contributed by atoms with Gasteiger partial charge in [0.1, 0.15) is 0 Å². The lowest BCUT2D eigenvalue weighted by molar-refractivity contribution is -0.120. The highest BCUT2D eigenvalue weighted by molar-refractivity contribution is 6.06. The van der Waals surface area contributed by atoms with Crippen molar-refractivity contribution in [2.45, 2.75) is 6.42 Å². The number of carbonyl (C=O) groups is 3. The Morgan fingerprint density at radius 1 is 1.35 bits per heavy atom. The molecule has 1 aromatic rings. The van der Waals surface area contributed by atoms with Gasteiger partial charge >= 0.3 is 12.0 Å². The zero-order valence-electron chi connectivity index (χ0n) is 11.2. The summed E-state index contributed by atoms with van der Waals surface area (Å²) < 4.78 is 0. The highest BCUT2D eigenvalue weighted by Crippen LogP contribution is 2.26. The molecule has 2 rings (SSSR count). The van der Waals surface area contributed by atoms with Crippen LogP contribution >= 0.6 is 0 Å². The predicted molar refractivity (Wildman–Crippen MR) is 73.2 cm³/mol. The van der Waals surface area contributed by atoms with Gasteiger partial charge in [-0.3, -0.25) is 15.0 Å². The van der Waals surface area contributed by atoms with E-state index in [1.54, 1.807) is 31.1 Å². The largest absolute Gasteiger partial charge is 0.478 e. The van der Waals surface area contributed by atoms with E-state index in [9.17, 15) is 19.5 Å². The first-order valence-electron chi connectivity index (χ1n) is 6.06. The number of carbonyl (C=O) groups excluding carboxylic acids is 2. The number of anilines is 2. The van der Waals surface area contributed by atoms with E-state index in [0.717, 1.165) is 0 Å². The van der Waals surface area contributed by atoms with Crippen LogP contribution in [-0.4, -0.2) is 43.7 Å². The molecule has 0 saturated carbocycles. The first-order valence-corrected chi connectivity index (χ1v) is 6.06. The third-order valence-corrected chi connectivity index (χ3v) is 3.06. The van der Waals surface area contributed by atoms with Crippen molar-refractivity contribution in [3.05, 3.63) is 23.8 Å². The van der Waals surface area contributed by atoms with Crippen LogP contribution in [0.4, 0.5) is 16.2 Å². The van der Waals surface area contributed by atoms with Crippen LogP contribution in [-0.2, 0) is 4.79 Å². The van der Waals surface area contributed by atoms with Crippen molar-refractivity contribution in [2.75, 3.05) is 30.4 Å². The van der Waals surface area contributed by atoms with E-state index >= 15 is 0 Å². The van der Waals surface area contributed by atoms with Gasteiger partial charge in [-0.1, -0.05) is 0 Å². The van der Waals surface area contributed by atoms with E-state index in [4.69, 9.17) is 0 Å². The fourth-order valence-corrected chi connectivity index (χ4v) is 2.06. The Morgan fingerprint density at radius 2 is 2.05 bits per heavy atom. The molecule has 1 aliphatic heterocycles. The summed E-state index contributed by atoms with van der Waals surface area (Å²) in [7, 11) is 3.49. The number of carboxylic acids is 1. The maximum Gasteiger partial charge on any atom is 0.337 e. The van der Waals surface area contributed by atoms with Gasteiger partial charge in [-0.05, 0) is 18.2 Å². The molecule has 1 heterocycles. The number of carboxylic acid groups (broad SMARTS) is 1. The number of hydrogen-bond acceptors (Lipinski definition) is 4. The van der Waals surface area contributed by atoms with Gasteiger partial charge < -0.3 is 10.0 Å². The van der Waals surface area contributed by atoms with Crippen molar-refractivity contribution in [2.24, 2.45) is 0 Å². The third kappa shape index (κ3) is 2.56. The topological polar surface area (TPSA) is 90.0 Å². The number of urea groups is 1. The highest BCUT2D eigenvalue weighted by Gasteiger charge is 2.25. The van der Waals surface area contributed by atoms with E-state index in [0.29, 0.717) is 11.4 Å². The lowest BCUT2D eigenvalue weighted by atomic mass is 10.1. The highest BCUT2D eigenvalue weighted by atomic mass is 16.4. The Bertz CT molecular complexity index is 583. The summed E-state index contributed by atoms with van der Waals surface area (Å²) in [6, 6.07) is 4.21. The molecule has 0 spiro atoms. The zero-order valence-corrected chi connectivity index (χ0v) is 11.2.